The Bertz CT molecular complexity index is 748. The van der Waals surface area contributed by atoms with Crippen LogP contribution in [0, 0.1) is 5.92 Å². The van der Waals surface area contributed by atoms with Crippen LogP contribution in [0.1, 0.15) is 36.5 Å². The lowest BCUT2D eigenvalue weighted by atomic mass is 9.99. The number of hydrogen-bond donors (Lipinski definition) is 1. The lowest BCUT2D eigenvalue weighted by Gasteiger charge is -2.30. The first-order valence-electron chi connectivity index (χ1n) is 9.53. The number of hydrogen-bond acceptors (Lipinski definition) is 4. The number of nitrogens with zero attached hydrogens (tertiary/aromatic N) is 3. The highest BCUT2D eigenvalue weighted by molar-refractivity contribution is 8.13. The van der Waals surface area contributed by atoms with E-state index < -0.39 is 0 Å². The number of benzene rings is 2. The number of rotatable bonds is 6. The summed E-state index contributed by atoms with van der Waals surface area (Å²) in [6.45, 7) is 5.80. The largest absolute Gasteiger partial charge is 0.377 e. The second-order valence-electron chi connectivity index (χ2n) is 7.16. The van der Waals surface area contributed by atoms with Crippen LogP contribution in [0.25, 0.3) is 0 Å². The average Bonchev–Trinajstić information content (AvgIpc) is 2.70. The predicted octanol–water partition coefficient (Wildman–Crippen LogP) is 4.50. The molecule has 2 N–H and O–H groups in total. The van der Waals surface area contributed by atoms with Gasteiger partial charge in [0.1, 0.15) is 0 Å². The van der Waals surface area contributed by atoms with Crippen molar-refractivity contribution in [2.24, 2.45) is 21.9 Å². The van der Waals surface area contributed by atoms with Crippen molar-refractivity contribution in [1.82, 2.24) is 4.90 Å². The number of thioether (sulfide) groups is 1. The first-order valence-corrected chi connectivity index (χ1v) is 10.5. The van der Waals surface area contributed by atoms with Crippen LogP contribution in [0.15, 0.2) is 64.8 Å². The molecule has 2 aromatic rings. The van der Waals surface area contributed by atoms with Gasteiger partial charge in [-0.25, -0.2) is 0 Å². The van der Waals surface area contributed by atoms with Crippen LogP contribution < -0.4 is 5.73 Å². The van der Waals surface area contributed by atoms with Gasteiger partial charge in [0.2, 0.25) is 0 Å². The molecule has 0 amide bonds. The molecular formula is C22H28N4S. The Hall–Kier alpha value is -2.11. The molecule has 1 heterocycles. The maximum absolute atomic E-state index is 5.92. The summed E-state index contributed by atoms with van der Waals surface area (Å²) in [4.78, 5) is 2.54. The normalized spacial score (nSPS) is 16.9. The van der Waals surface area contributed by atoms with Crippen molar-refractivity contribution in [2.45, 2.75) is 32.1 Å². The summed E-state index contributed by atoms with van der Waals surface area (Å²) in [5, 5.41) is 8.67. The van der Waals surface area contributed by atoms with Crippen molar-refractivity contribution in [1.29, 1.82) is 0 Å². The smallest absolute Gasteiger partial charge is 0.180 e. The summed E-state index contributed by atoms with van der Waals surface area (Å²) in [6, 6.07) is 18.8. The molecule has 3 rings (SSSR count). The highest BCUT2D eigenvalue weighted by Gasteiger charge is 2.15. The molecule has 0 aliphatic carbocycles. The molecule has 0 atom stereocenters. The van der Waals surface area contributed by atoms with Gasteiger partial charge >= 0.3 is 0 Å². The number of piperidine rings is 1. The van der Waals surface area contributed by atoms with Gasteiger partial charge in [-0.3, -0.25) is 4.90 Å². The fraction of sp³-hybridized carbons (Fsp3) is 0.364. The van der Waals surface area contributed by atoms with E-state index in [0.29, 0.717) is 5.17 Å². The van der Waals surface area contributed by atoms with Crippen LogP contribution >= 0.6 is 11.8 Å². The molecule has 27 heavy (non-hydrogen) atoms. The third kappa shape index (κ3) is 6.85. The van der Waals surface area contributed by atoms with E-state index in [1.165, 1.54) is 48.8 Å². The van der Waals surface area contributed by atoms with Crippen LogP contribution in [0.3, 0.4) is 0 Å². The highest BCUT2D eigenvalue weighted by Crippen LogP contribution is 2.18. The lowest BCUT2D eigenvalue weighted by Crippen LogP contribution is -2.32. The van der Waals surface area contributed by atoms with E-state index in [9.17, 15) is 0 Å². The van der Waals surface area contributed by atoms with E-state index in [0.717, 1.165) is 23.8 Å². The Morgan fingerprint density at radius 3 is 2.48 bits per heavy atom. The fourth-order valence-corrected chi connectivity index (χ4v) is 3.71. The molecule has 1 fully saturated rings. The zero-order chi connectivity index (χ0) is 18.9. The number of nitrogens with two attached hydrogens (primary N) is 1. The summed E-state index contributed by atoms with van der Waals surface area (Å²) in [5.74, 6) is 1.68. The summed E-state index contributed by atoms with van der Waals surface area (Å²) in [6.07, 6.45) is 4.38. The standard InChI is InChI=1S/C22H28N4S/c1-18-11-13-26(14-12-18)16-20-9-7-19(8-10-20)15-24-25-22(23)27-17-21-5-3-2-4-6-21/h2-10,15,18H,11-14,16-17H2,1H3,(H2,23,25). The average molecular weight is 381 g/mol. The molecule has 0 spiro atoms. The van der Waals surface area contributed by atoms with E-state index in [1.54, 1.807) is 6.21 Å². The minimum Gasteiger partial charge on any atom is -0.377 e. The van der Waals surface area contributed by atoms with E-state index in [-0.39, 0.29) is 0 Å². The first-order chi connectivity index (χ1) is 13.2. The topological polar surface area (TPSA) is 54.0 Å². The fourth-order valence-electron chi connectivity index (χ4n) is 3.10. The molecule has 1 aliphatic heterocycles. The number of amidine groups is 1. The van der Waals surface area contributed by atoms with E-state index in [4.69, 9.17) is 5.73 Å². The van der Waals surface area contributed by atoms with Gasteiger partial charge in [0, 0.05) is 12.3 Å². The third-order valence-corrected chi connectivity index (χ3v) is 5.71. The van der Waals surface area contributed by atoms with E-state index in [1.807, 2.05) is 18.2 Å². The summed E-state index contributed by atoms with van der Waals surface area (Å²) < 4.78 is 0. The molecule has 4 nitrogen and oxygen atoms in total. The van der Waals surface area contributed by atoms with Gasteiger partial charge in [0.05, 0.1) is 6.21 Å². The Kier molecular flexibility index (Phi) is 7.48. The monoisotopic (exact) mass is 380 g/mol. The SMILES string of the molecule is CC1CCN(Cc2ccc(C=NN=C(N)SCc3ccccc3)cc2)CC1. The second kappa shape index (κ2) is 10.3. The van der Waals surface area contributed by atoms with Crippen molar-refractivity contribution in [3.8, 4) is 0 Å². The van der Waals surface area contributed by atoms with Crippen molar-refractivity contribution in [3.05, 3.63) is 71.3 Å². The van der Waals surface area contributed by atoms with Crippen LogP contribution in [0.4, 0.5) is 0 Å². The van der Waals surface area contributed by atoms with Gasteiger partial charge in [0.15, 0.2) is 5.17 Å². The van der Waals surface area contributed by atoms with Gasteiger partial charge < -0.3 is 5.73 Å². The first kappa shape index (κ1) is 19.6. The molecule has 1 saturated heterocycles. The minimum absolute atomic E-state index is 0.478. The molecule has 0 radical (unpaired) electrons. The number of likely N-dealkylation sites (tertiary alicyclic amines) is 1. The second-order valence-corrected chi connectivity index (χ2v) is 8.15. The van der Waals surface area contributed by atoms with Gasteiger partial charge in [0.25, 0.3) is 0 Å². The van der Waals surface area contributed by atoms with Crippen molar-refractivity contribution in [3.63, 3.8) is 0 Å². The van der Waals surface area contributed by atoms with Gasteiger partial charge in [-0.1, -0.05) is 73.3 Å². The Morgan fingerprint density at radius 1 is 1.07 bits per heavy atom. The molecule has 1 aliphatic rings. The Balaban J connectivity index is 1.45. The van der Waals surface area contributed by atoms with Crippen LogP contribution in [0.2, 0.25) is 0 Å². The zero-order valence-corrected chi connectivity index (χ0v) is 16.7. The molecule has 5 heteroatoms. The third-order valence-electron chi connectivity index (χ3n) is 4.85. The molecule has 0 bridgehead atoms. The van der Waals surface area contributed by atoms with Crippen molar-refractivity contribution in [2.75, 3.05) is 13.1 Å². The van der Waals surface area contributed by atoms with Crippen LogP contribution in [-0.2, 0) is 12.3 Å². The summed E-state index contributed by atoms with van der Waals surface area (Å²) in [7, 11) is 0. The molecule has 0 unspecified atom stereocenters. The van der Waals surface area contributed by atoms with Gasteiger partial charge in [-0.2, -0.15) is 5.10 Å². The van der Waals surface area contributed by atoms with Crippen molar-refractivity contribution >= 4 is 23.1 Å². The Labute approximate surface area is 166 Å². The summed E-state index contributed by atoms with van der Waals surface area (Å²) >= 11 is 1.50. The maximum atomic E-state index is 5.92. The van der Waals surface area contributed by atoms with E-state index in [2.05, 4.69) is 58.4 Å². The zero-order valence-electron chi connectivity index (χ0n) is 15.9. The van der Waals surface area contributed by atoms with Gasteiger partial charge in [-0.15, -0.1) is 5.10 Å². The van der Waals surface area contributed by atoms with E-state index >= 15 is 0 Å². The molecule has 2 aromatic carbocycles. The lowest BCUT2D eigenvalue weighted by molar-refractivity contribution is 0.185. The maximum Gasteiger partial charge on any atom is 0.180 e. The highest BCUT2D eigenvalue weighted by atomic mass is 32.2. The quantitative estimate of drug-likeness (QED) is 0.456. The van der Waals surface area contributed by atoms with Gasteiger partial charge in [-0.05, 0) is 48.5 Å². The minimum atomic E-state index is 0.478. The molecule has 142 valence electrons. The van der Waals surface area contributed by atoms with Crippen LogP contribution in [-0.4, -0.2) is 29.4 Å². The molecule has 0 aromatic heterocycles. The Morgan fingerprint density at radius 2 is 1.78 bits per heavy atom. The van der Waals surface area contributed by atoms with Crippen molar-refractivity contribution < 1.29 is 0 Å². The predicted molar refractivity (Wildman–Crippen MR) is 117 cm³/mol. The summed E-state index contributed by atoms with van der Waals surface area (Å²) in [5.41, 5.74) is 9.53. The molecule has 0 saturated carbocycles. The molecular weight excluding hydrogens is 352 g/mol. The van der Waals surface area contributed by atoms with Crippen LogP contribution in [0.5, 0.6) is 0 Å².